The zero-order chi connectivity index (χ0) is 12.5. The summed E-state index contributed by atoms with van der Waals surface area (Å²) in [5.41, 5.74) is 1.59. The molecule has 0 aliphatic carbocycles. The molecule has 0 unspecified atom stereocenters. The molecule has 18 heavy (non-hydrogen) atoms. The minimum Gasteiger partial charge on any atom is -0.244 e. The van der Waals surface area contributed by atoms with Gasteiger partial charge in [-0.15, -0.1) is 0 Å². The lowest BCUT2D eigenvalue weighted by Gasteiger charge is -2.04. The van der Waals surface area contributed by atoms with Crippen LogP contribution in [0.5, 0.6) is 0 Å². The summed E-state index contributed by atoms with van der Waals surface area (Å²) in [6, 6.07) is 11.1. The molecule has 0 N–H and O–H groups in total. The highest BCUT2D eigenvalue weighted by atomic mass is 35.5. The van der Waals surface area contributed by atoms with E-state index in [0.717, 1.165) is 16.5 Å². The van der Waals surface area contributed by atoms with Crippen LogP contribution in [0.4, 0.5) is 0 Å². The number of aromatic nitrogens is 3. The van der Waals surface area contributed by atoms with Crippen LogP contribution >= 0.6 is 23.2 Å². The average Bonchev–Trinajstić information content (AvgIpc) is 2.39. The largest absolute Gasteiger partial charge is 0.244 e. The van der Waals surface area contributed by atoms with E-state index in [9.17, 15) is 0 Å². The van der Waals surface area contributed by atoms with Crippen LogP contribution in [0.1, 0.15) is 0 Å². The van der Waals surface area contributed by atoms with E-state index in [0.29, 0.717) is 16.1 Å². The second-order valence-corrected chi connectivity index (χ2v) is 4.47. The van der Waals surface area contributed by atoms with Crippen LogP contribution in [-0.2, 0) is 0 Å². The molecule has 0 aliphatic heterocycles. The Morgan fingerprint density at radius 2 is 1.72 bits per heavy atom. The van der Waals surface area contributed by atoms with Crippen molar-refractivity contribution in [2.24, 2.45) is 0 Å². The lowest BCUT2D eigenvalue weighted by Crippen LogP contribution is -1.92. The minimum absolute atomic E-state index is 0.436. The fourth-order valence-electron chi connectivity index (χ4n) is 1.68. The van der Waals surface area contributed by atoms with Crippen molar-refractivity contribution < 1.29 is 0 Å². The van der Waals surface area contributed by atoms with Gasteiger partial charge in [0.15, 0.2) is 5.82 Å². The van der Waals surface area contributed by atoms with Crippen LogP contribution in [0, 0.1) is 0 Å². The molecule has 0 saturated heterocycles. The molecule has 5 heteroatoms. The van der Waals surface area contributed by atoms with Gasteiger partial charge in [0.1, 0.15) is 10.3 Å². The number of nitrogens with zero attached hydrogens (tertiary/aromatic N) is 3. The van der Waals surface area contributed by atoms with Crippen LogP contribution in [0.2, 0.25) is 10.3 Å². The monoisotopic (exact) mass is 275 g/mol. The number of benzene rings is 1. The first-order valence-electron chi connectivity index (χ1n) is 5.28. The summed E-state index contributed by atoms with van der Waals surface area (Å²) in [5.74, 6) is 0.544. The second-order valence-electron chi connectivity index (χ2n) is 3.72. The molecule has 88 valence electrons. The molecule has 1 aromatic carbocycles. The topological polar surface area (TPSA) is 38.7 Å². The maximum absolute atomic E-state index is 6.15. The van der Waals surface area contributed by atoms with Crippen molar-refractivity contribution in [3.05, 3.63) is 52.9 Å². The van der Waals surface area contributed by atoms with Crippen LogP contribution in [0.3, 0.4) is 0 Å². The first-order valence-corrected chi connectivity index (χ1v) is 6.04. The third-order valence-electron chi connectivity index (χ3n) is 2.54. The summed E-state index contributed by atoms with van der Waals surface area (Å²) >= 11 is 11.9. The number of hydrogen-bond acceptors (Lipinski definition) is 3. The van der Waals surface area contributed by atoms with Crippen molar-refractivity contribution in [1.82, 2.24) is 15.0 Å². The highest BCUT2D eigenvalue weighted by Gasteiger charge is 2.07. The molecule has 3 rings (SSSR count). The van der Waals surface area contributed by atoms with Gasteiger partial charge in [0.25, 0.3) is 0 Å². The number of fused-ring (bicyclic) bond motifs is 1. The smallest absolute Gasteiger partial charge is 0.163 e. The number of para-hydroxylation sites is 1. The standard InChI is InChI=1S/C13H7Cl2N3/c14-11-6-5-8(7-16-11)13-17-10-4-2-1-3-9(10)12(15)18-13/h1-7H. The Morgan fingerprint density at radius 1 is 0.889 bits per heavy atom. The Morgan fingerprint density at radius 3 is 2.50 bits per heavy atom. The van der Waals surface area contributed by atoms with E-state index >= 15 is 0 Å². The molecule has 0 spiro atoms. The number of pyridine rings is 1. The van der Waals surface area contributed by atoms with Gasteiger partial charge in [-0.1, -0.05) is 35.3 Å². The van der Waals surface area contributed by atoms with E-state index in [1.165, 1.54) is 0 Å². The molecule has 0 amide bonds. The van der Waals surface area contributed by atoms with Gasteiger partial charge >= 0.3 is 0 Å². The average molecular weight is 276 g/mol. The van der Waals surface area contributed by atoms with Gasteiger partial charge in [0.2, 0.25) is 0 Å². The molecule has 0 atom stereocenters. The maximum atomic E-state index is 6.15. The summed E-state index contributed by atoms with van der Waals surface area (Å²) in [6.45, 7) is 0. The third kappa shape index (κ3) is 2.03. The van der Waals surface area contributed by atoms with E-state index in [1.54, 1.807) is 12.3 Å². The summed E-state index contributed by atoms with van der Waals surface area (Å²) < 4.78 is 0. The number of hydrogen-bond donors (Lipinski definition) is 0. The van der Waals surface area contributed by atoms with Gasteiger partial charge in [0.05, 0.1) is 5.52 Å². The van der Waals surface area contributed by atoms with E-state index in [4.69, 9.17) is 23.2 Å². The summed E-state index contributed by atoms with van der Waals surface area (Å²) in [4.78, 5) is 12.7. The van der Waals surface area contributed by atoms with Crippen molar-refractivity contribution in [2.45, 2.75) is 0 Å². The molecule has 0 fully saturated rings. The molecular formula is C13H7Cl2N3. The SMILES string of the molecule is Clc1ccc(-c2nc(Cl)c3ccccc3n2)cn1. The normalized spacial score (nSPS) is 10.8. The molecule has 3 nitrogen and oxygen atoms in total. The van der Waals surface area contributed by atoms with Gasteiger partial charge in [-0.05, 0) is 24.3 Å². The molecule has 0 aliphatic rings. The zero-order valence-electron chi connectivity index (χ0n) is 9.14. The predicted octanol–water partition coefficient (Wildman–Crippen LogP) is 4.00. The zero-order valence-corrected chi connectivity index (χ0v) is 10.7. The molecule has 2 heterocycles. The van der Waals surface area contributed by atoms with E-state index in [-0.39, 0.29) is 0 Å². The summed E-state index contributed by atoms with van der Waals surface area (Å²) in [6.07, 6.45) is 1.63. The van der Waals surface area contributed by atoms with Gasteiger partial charge in [-0.3, -0.25) is 0 Å². The Hall–Kier alpha value is -1.71. The van der Waals surface area contributed by atoms with Crippen molar-refractivity contribution in [3.8, 4) is 11.4 Å². The Kier molecular flexibility index (Phi) is 2.86. The lowest BCUT2D eigenvalue weighted by molar-refractivity contribution is 1.21. The highest BCUT2D eigenvalue weighted by Crippen LogP contribution is 2.24. The first kappa shape index (κ1) is 11.4. The minimum atomic E-state index is 0.436. The Labute approximate surface area is 113 Å². The van der Waals surface area contributed by atoms with Crippen molar-refractivity contribution in [1.29, 1.82) is 0 Å². The fourth-order valence-corrected chi connectivity index (χ4v) is 2.03. The van der Waals surface area contributed by atoms with Gasteiger partial charge in [-0.2, -0.15) is 0 Å². The van der Waals surface area contributed by atoms with Crippen molar-refractivity contribution >= 4 is 34.1 Å². The molecular weight excluding hydrogens is 269 g/mol. The molecule has 2 aromatic heterocycles. The molecule has 0 saturated carbocycles. The van der Waals surface area contributed by atoms with Crippen molar-refractivity contribution in [3.63, 3.8) is 0 Å². The van der Waals surface area contributed by atoms with E-state index in [2.05, 4.69) is 15.0 Å². The molecule has 3 aromatic rings. The van der Waals surface area contributed by atoms with Crippen molar-refractivity contribution in [2.75, 3.05) is 0 Å². The summed E-state index contributed by atoms with van der Waals surface area (Å²) in [5, 5.41) is 1.71. The Balaban J connectivity index is 2.21. The van der Waals surface area contributed by atoms with Crippen LogP contribution < -0.4 is 0 Å². The molecule has 0 radical (unpaired) electrons. The lowest BCUT2D eigenvalue weighted by atomic mass is 10.2. The fraction of sp³-hybridized carbons (Fsp3) is 0. The predicted molar refractivity (Wildman–Crippen MR) is 72.8 cm³/mol. The van der Waals surface area contributed by atoms with Crippen LogP contribution in [-0.4, -0.2) is 15.0 Å². The second kappa shape index (κ2) is 4.52. The quantitative estimate of drug-likeness (QED) is 0.498. The maximum Gasteiger partial charge on any atom is 0.163 e. The van der Waals surface area contributed by atoms with Crippen LogP contribution in [0.15, 0.2) is 42.6 Å². The van der Waals surface area contributed by atoms with E-state index < -0.39 is 0 Å². The van der Waals surface area contributed by atoms with Gasteiger partial charge in [0, 0.05) is 17.1 Å². The Bertz CT molecular complexity index is 711. The third-order valence-corrected chi connectivity index (χ3v) is 3.05. The van der Waals surface area contributed by atoms with Gasteiger partial charge < -0.3 is 0 Å². The highest BCUT2D eigenvalue weighted by molar-refractivity contribution is 6.34. The number of halogens is 2. The van der Waals surface area contributed by atoms with E-state index in [1.807, 2.05) is 30.3 Å². The first-order chi connectivity index (χ1) is 8.74. The van der Waals surface area contributed by atoms with Gasteiger partial charge in [-0.25, -0.2) is 15.0 Å². The summed E-state index contributed by atoms with van der Waals surface area (Å²) in [7, 11) is 0. The molecule has 0 bridgehead atoms. The number of rotatable bonds is 1. The van der Waals surface area contributed by atoms with Crippen LogP contribution in [0.25, 0.3) is 22.3 Å².